The van der Waals surface area contributed by atoms with Crippen molar-refractivity contribution in [1.29, 1.82) is 0 Å². The van der Waals surface area contributed by atoms with Crippen LogP contribution in [0.2, 0.25) is 0 Å². The minimum atomic E-state index is 0.371. The Bertz CT molecular complexity index is 102. The molecule has 1 aliphatic rings. The van der Waals surface area contributed by atoms with Gasteiger partial charge in [-0.05, 0) is 33.6 Å². The van der Waals surface area contributed by atoms with Crippen LogP contribution in [0.25, 0.3) is 0 Å². The molecule has 0 bridgehead atoms. The summed E-state index contributed by atoms with van der Waals surface area (Å²) >= 11 is 1.87. The van der Waals surface area contributed by atoms with Gasteiger partial charge in [-0.15, -0.1) is 0 Å². The van der Waals surface area contributed by atoms with Crippen LogP contribution in [0.4, 0.5) is 0 Å². The van der Waals surface area contributed by atoms with Crippen LogP contribution in [0, 0.1) is 0 Å². The molecular weight excluding hydrogens is 142 g/mol. The zero-order valence-electron chi connectivity index (χ0n) is 7.11. The van der Waals surface area contributed by atoms with Gasteiger partial charge < -0.3 is 0 Å². The van der Waals surface area contributed by atoms with E-state index in [1.54, 1.807) is 0 Å². The molecule has 0 spiro atoms. The van der Waals surface area contributed by atoms with Gasteiger partial charge in [0.15, 0.2) is 0 Å². The summed E-state index contributed by atoms with van der Waals surface area (Å²) in [5, 5.41) is 0. The quantitative estimate of drug-likeness (QED) is 0.621. The number of hydrogen-bond donors (Lipinski definition) is 1. The first kappa shape index (κ1) is 8.41. The van der Waals surface area contributed by atoms with Crippen molar-refractivity contribution < 1.29 is 0 Å². The predicted molar refractivity (Wildman–Crippen MR) is 48.1 cm³/mol. The molecule has 1 aliphatic carbocycles. The van der Waals surface area contributed by atoms with Gasteiger partial charge in [0.1, 0.15) is 0 Å². The number of nitrogens with one attached hydrogen (secondary N) is 1. The van der Waals surface area contributed by atoms with E-state index in [1.807, 2.05) is 11.9 Å². The third-order valence-corrected chi connectivity index (χ3v) is 2.70. The SMILES string of the molecule is CC(C)(C)SNC1CCC1. The Balaban J connectivity index is 2.04. The maximum Gasteiger partial charge on any atom is 0.0220 e. The van der Waals surface area contributed by atoms with Gasteiger partial charge in [-0.1, -0.05) is 18.4 Å². The van der Waals surface area contributed by atoms with E-state index in [0.29, 0.717) is 4.75 Å². The molecule has 2 heteroatoms. The zero-order valence-corrected chi connectivity index (χ0v) is 7.92. The van der Waals surface area contributed by atoms with Gasteiger partial charge in [-0.25, -0.2) is 0 Å². The standard InChI is InChI=1S/C8H17NS/c1-8(2,3)10-9-7-5-4-6-7/h7,9H,4-6H2,1-3H3. The molecule has 60 valence electrons. The molecule has 0 unspecified atom stereocenters. The maximum absolute atomic E-state index is 3.48. The van der Waals surface area contributed by atoms with Crippen LogP contribution in [0.3, 0.4) is 0 Å². The Morgan fingerprint density at radius 3 is 2.20 bits per heavy atom. The molecule has 0 atom stereocenters. The first-order valence-corrected chi connectivity index (χ1v) is 4.83. The van der Waals surface area contributed by atoms with E-state index in [1.165, 1.54) is 19.3 Å². The molecule has 0 aromatic heterocycles. The predicted octanol–water partition coefficient (Wildman–Crippen LogP) is 2.58. The monoisotopic (exact) mass is 159 g/mol. The second-order valence-electron chi connectivity index (χ2n) is 3.96. The van der Waals surface area contributed by atoms with E-state index in [2.05, 4.69) is 25.5 Å². The fraction of sp³-hybridized carbons (Fsp3) is 1.00. The second kappa shape index (κ2) is 3.14. The molecule has 1 fully saturated rings. The van der Waals surface area contributed by atoms with Crippen molar-refractivity contribution in [2.24, 2.45) is 0 Å². The van der Waals surface area contributed by atoms with Crippen molar-refractivity contribution in [3.05, 3.63) is 0 Å². The molecule has 0 radical (unpaired) electrons. The van der Waals surface area contributed by atoms with Gasteiger partial charge in [-0.3, -0.25) is 4.72 Å². The zero-order chi connectivity index (χ0) is 7.61. The Labute approximate surface area is 68.1 Å². The van der Waals surface area contributed by atoms with Gasteiger partial charge in [0, 0.05) is 10.8 Å². The largest absolute Gasteiger partial charge is 0.261 e. The van der Waals surface area contributed by atoms with E-state index in [-0.39, 0.29) is 0 Å². The van der Waals surface area contributed by atoms with Crippen LogP contribution in [0.5, 0.6) is 0 Å². The Kier molecular flexibility index (Phi) is 2.64. The van der Waals surface area contributed by atoms with Crippen molar-refractivity contribution in [2.75, 3.05) is 0 Å². The van der Waals surface area contributed by atoms with Gasteiger partial charge in [0.2, 0.25) is 0 Å². The molecule has 0 aromatic carbocycles. The summed E-state index contributed by atoms with van der Waals surface area (Å²) in [7, 11) is 0. The van der Waals surface area contributed by atoms with Crippen LogP contribution < -0.4 is 4.72 Å². The fourth-order valence-corrected chi connectivity index (χ4v) is 1.54. The van der Waals surface area contributed by atoms with E-state index >= 15 is 0 Å². The molecule has 1 N–H and O–H groups in total. The lowest BCUT2D eigenvalue weighted by atomic mass is 9.94. The summed E-state index contributed by atoms with van der Waals surface area (Å²) in [4.78, 5) is 0. The van der Waals surface area contributed by atoms with Gasteiger partial charge in [0.05, 0.1) is 0 Å². The molecule has 0 aliphatic heterocycles. The highest BCUT2D eigenvalue weighted by Gasteiger charge is 2.19. The van der Waals surface area contributed by atoms with Crippen molar-refractivity contribution in [3.63, 3.8) is 0 Å². The summed E-state index contributed by atoms with van der Waals surface area (Å²) in [6.07, 6.45) is 4.18. The Morgan fingerprint density at radius 2 is 1.90 bits per heavy atom. The lowest BCUT2D eigenvalue weighted by Gasteiger charge is -2.29. The molecule has 0 saturated heterocycles. The van der Waals surface area contributed by atoms with E-state index in [0.717, 1.165) is 6.04 Å². The maximum atomic E-state index is 3.48. The Morgan fingerprint density at radius 1 is 1.30 bits per heavy atom. The first-order valence-electron chi connectivity index (χ1n) is 4.01. The first-order chi connectivity index (χ1) is 4.58. The normalized spacial score (nSPS) is 20.7. The third kappa shape index (κ3) is 2.93. The summed E-state index contributed by atoms with van der Waals surface area (Å²) in [6.45, 7) is 6.72. The van der Waals surface area contributed by atoms with Crippen LogP contribution in [0.1, 0.15) is 40.0 Å². The summed E-state index contributed by atoms with van der Waals surface area (Å²) in [5.74, 6) is 0. The van der Waals surface area contributed by atoms with Crippen LogP contribution >= 0.6 is 11.9 Å². The van der Waals surface area contributed by atoms with Gasteiger partial charge >= 0.3 is 0 Å². The average Bonchev–Trinajstić information content (AvgIpc) is 1.56. The third-order valence-electron chi connectivity index (χ3n) is 1.64. The topological polar surface area (TPSA) is 12.0 Å². The summed E-state index contributed by atoms with van der Waals surface area (Å²) < 4.78 is 3.85. The molecule has 1 rings (SSSR count). The summed E-state index contributed by atoms with van der Waals surface area (Å²) in [6, 6.07) is 0.809. The lowest BCUT2D eigenvalue weighted by Crippen LogP contribution is -2.33. The molecule has 0 heterocycles. The second-order valence-corrected chi connectivity index (χ2v) is 5.62. The fourth-order valence-electron chi connectivity index (χ4n) is 0.786. The van der Waals surface area contributed by atoms with Crippen LogP contribution in [-0.2, 0) is 0 Å². The van der Waals surface area contributed by atoms with E-state index < -0.39 is 0 Å². The molecule has 1 saturated carbocycles. The van der Waals surface area contributed by atoms with Crippen LogP contribution in [-0.4, -0.2) is 10.8 Å². The van der Waals surface area contributed by atoms with Gasteiger partial charge in [0.25, 0.3) is 0 Å². The van der Waals surface area contributed by atoms with Crippen molar-refractivity contribution in [3.8, 4) is 0 Å². The number of rotatable bonds is 2. The average molecular weight is 159 g/mol. The number of hydrogen-bond acceptors (Lipinski definition) is 2. The molecular formula is C8H17NS. The van der Waals surface area contributed by atoms with E-state index in [4.69, 9.17) is 0 Å². The summed E-state index contributed by atoms with van der Waals surface area (Å²) in [5.41, 5.74) is 0. The van der Waals surface area contributed by atoms with Crippen molar-refractivity contribution >= 4 is 11.9 Å². The lowest BCUT2D eigenvalue weighted by molar-refractivity contribution is 0.394. The molecule has 0 aromatic rings. The van der Waals surface area contributed by atoms with Gasteiger partial charge in [-0.2, -0.15) is 0 Å². The van der Waals surface area contributed by atoms with Crippen molar-refractivity contribution in [2.45, 2.75) is 50.8 Å². The highest BCUT2D eigenvalue weighted by atomic mass is 32.2. The Hall–Kier alpha value is 0.310. The smallest absolute Gasteiger partial charge is 0.0220 e. The van der Waals surface area contributed by atoms with E-state index in [9.17, 15) is 0 Å². The molecule has 10 heavy (non-hydrogen) atoms. The van der Waals surface area contributed by atoms with Crippen LogP contribution in [0.15, 0.2) is 0 Å². The highest BCUT2D eigenvalue weighted by Crippen LogP contribution is 2.26. The molecule has 0 amide bonds. The minimum absolute atomic E-state index is 0.371. The van der Waals surface area contributed by atoms with Crippen molar-refractivity contribution in [1.82, 2.24) is 4.72 Å². The highest BCUT2D eigenvalue weighted by molar-refractivity contribution is 7.98. The minimum Gasteiger partial charge on any atom is -0.261 e. The molecule has 1 nitrogen and oxygen atoms in total.